The Morgan fingerprint density at radius 1 is 1.58 bits per heavy atom. The summed E-state index contributed by atoms with van der Waals surface area (Å²) in [5.74, 6) is -0.600. The Bertz CT molecular complexity index is 488. The molecule has 1 aromatic carbocycles. The van der Waals surface area contributed by atoms with E-state index in [9.17, 15) is 14.3 Å². The topological polar surface area (TPSA) is 49.3 Å². The molecule has 104 valence electrons. The number of carbonyl (C=O) groups excluding carboxylic acids is 1. The Labute approximate surface area is 120 Å². The number of nitrogens with one attached hydrogen (secondary N) is 1. The van der Waals surface area contributed by atoms with Crippen molar-refractivity contribution in [1.29, 1.82) is 0 Å². The maximum Gasteiger partial charge on any atom is 0.252 e. The SMILES string of the molecule is C[C@H](Cc1ccc(F)c(Br)c1)NC(=O)C1(O)CCC1. The lowest BCUT2D eigenvalue weighted by molar-refractivity contribution is -0.149. The number of benzene rings is 1. The van der Waals surface area contributed by atoms with Gasteiger partial charge in [-0.25, -0.2) is 4.39 Å². The van der Waals surface area contributed by atoms with Crippen LogP contribution in [0.15, 0.2) is 22.7 Å². The number of hydrogen-bond donors (Lipinski definition) is 2. The molecule has 3 nitrogen and oxygen atoms in total. The molecular weight excluding hydrogens is 313 g/mol. The Morgan fingerprint density at radius 2 is 2.26 bits per heavy atom. The van der Waals surface area contributed by atoms with Crippen LogP contribution in [0.4, 0.5) is 4.39 Å². The number of rotatable bonds is 4. The van der Waals surface area contributed by atoms with Crippen molar-refractivity contribution in [2.45, 2.75) is 44.2 Å². The zero-order chi connectivity index (χ0) is 14.0. The zero-order valence-corrected chi connectivity index (χ0v) is 12.3. The molecule has 0 radical (unpaired) electrons. The molecule has 1 aliphatic carbocycles. The molecule has 1 aliphatic rings. The summed E-state index contributed by atoms with van der Waals surface area (Å²) in [4.78, 5) is 11.8. The van der Waals surface area contributed by atoms with Gasteiger partial charge in [-0.15, -0.1) is 0 Å². The highest BCUT2D eigenvalue weighted by atomic mass is 79.9. The zero-order valence-electron chi connectivity index (χ0n) is 10.7. The van der Waals surface area contributed by atoms with Crippen molar-refractivity contribution < 1.29 is 14.3 Å². The molecule has 0 heterocycles. The maximum absolute atomic E-state index is 13.1. The Balaban J connectivity index is 1.91. The molecule has 1 atom stereocenters. The van der Waals surface area contributed by atoms with E-state index in [1.165, 1.54) is 6.07 Å². The molecule has 0 spiro atoms. The highest BCUT2D eigenvalue weighted by Gasteiger charge is 2.42. The molecule has 2 N–H and O–H groups in total. The van der Waals surface area contributed by atoms with E-state index in [0.717, 1.165) is 12.0 Å². The third-order valence-electron chi connectivity index (χ3n) is 3.51. The van der Waals surface area contributed by atoms with Crippen LogP contribution >= 0.6 is 15.9 Å². The molecule has 1 fully saturated rings. The van der Waals surface area contributed by atoms with Crippen LogP contribution in [0, 0.1) is 5.82 Å². The largest absolute Gasteiger partial charge is 0.380 e. The van der Waals surface area contributed by atoms with Crippen LogP contribution in [0.1, 0.15) is 31.7 Å². The second kappa shape index (κ2) is 5.59. The first-order valence-corrected chi connectivity index (χ1v) is 7.17. The van der Waals surface area contributed by atoms with Crippen LogP contribution in [0.25, 0.3) is 0 Å². The first kappa shape index (κ1) is 14.5. The van der Waals surface area contributed by atoms with Gasteiger partial charge in [0.25, 0.3) is 5.91 Å². The molecule has 0 saturated heterocycles. The predicted molar refractivity (Wildman–Crippen MR) is 74.2 cm³/mol. The van der Waals surface area contributed by atoms with Crippen molar-refractivity contribution >= 4 is 21.8 Å². The quantitative estimate of drug-likeness (QED) is 0.891. The van der Waals surface area contributed by atoms with Gasteiger partial charge in [0.15, 0.2) is 0 Å². The molecule has 2 rings (SSSR count). The van der Waals surface area contributed by atoms with Crippen molar-refractivity contribution in [1.82, 2.24) is 5.32 Å². The number of halogens is 2. The van der Waals surface area contributed by atoms with E-state index < -0.39 is 5.60 Å². The van der Waals surface area contributed by atoms with Crippen LogP contribution in [-0.4, -0.2) is 22.7 Å². The molecule has 0 aliphatic heterocycles. The average molecular weight is 330 g/mol. The van der Waals surface area contributed by atoms with Gasteiger partial charge in [0.05, 0.1) is 4.47 Å². The van der Waals surface area contributed by atoms with Crippen LogP contribution in [0.3, 0.4) is 0 Å². The van der Waals surface area contributed by atoms with E-state index in [1.54, 1.807) is 12.1 Å². The van der Waals surface area contributed by atoms with Crippen LogP contribution in [0.2, 0.25) is 0 Å². The number of aliphatic hydroxyl groups is 1. The van der Waals surface area contributed by atoms with Gasteiger partial charge in [0, 0.05) is 6.04 Å². The van der Waals surface area contributed by atoms with Gasteiger partial charge in [-0.2, -0.15) is 0 Å². The molecule has 19 heavy (non-hydrogen) atoms. The lowest BCUT2D eigenvalue weighted by Crippen LogP contribution is -2.54. The Morgan fingerprint density at radius 3 is 2.79 bits per heavy atom. The third kappa shape index (κ3) is 3.34. The first-order valence-electron chi connectivity index (χ1n) is 6.38. The van der Waals surface area contributed by atoms with Gasteiger partial charge in [-0.3, -0.25) is 4.79 Å². The summed E-state index contributed by atoms with van der Waals surface area (Å²) in [6.45, 7) is 1.87. The summed E-state index contributed by atoms with van der Waals surface area (Å²) in [7, 11) is 0. The molecule has 1 saturated carbocycles. The van der Waals surface area contributed by atoms with Crippen molar-refractivity contribution in [2.75, 3.05) is 0 Å². The highest BCUT2D eigenvalue weighted by Crippen LogP contribution is 2.31. The summed E-state index contributed by atoms with van der Waals surface area (Å²) in [6.07, 6.45) is 2.56. The van der Waals surface area contributed by atoms with Crippen LogP contribution in [-0.2, 0) is 11.2 Å². The minimum Gasteiger partial charge on any atom is -0.380 e. The molecule has 5 heteroatoms. The average Bonchev–Trinajstić information content (AvgIpc) is 2.30. The molecule has 1 amide bonds. The normalized spacial score (nSPS) is 18.5. The van der Waals surface area contributed by atoms with Crippen LogP contribution in [0.5, 0.6) is 0 Å². The van der Waals surface area contributed by atoms with Gasteiger partial charge < -0.3 is 10.4 Å². The summed E-state index contributed by atoms with van der Waals surface area (Å²) in [5.41, 5.74) is -0.237. The lowest BCUT2D eigenvalue weighted by Gasteiger charge is -2.35. The predicted octanol–water partition coefficient (Wildman–Crippen LogP) is 2.55. The summed E-state index contributed by atoms with van der Waals surface area (Å²) in [6, 6.07) is 4.69. The second-order valence-corrected chi connectivity index (χ2v) is 6.07. The van der Waals surface area contributed by atoms with E-state index in [0.29, 0.717) is 23.7 Å². The van der Waals surface area contributed by atoms with E-state index in [-0.39, 0.29) is 17.8 Å². The summed E-state index contributed by atoms with van der Waals surface area (Å²) >= 11 is 3.14. The van der Waals surface area contributed by atoms with Crippen molar-refractivity contribution in [3.8, 4) is 0 Å². The van der Waals surface area contributed by atoms with Gasteiger partial charge in [0.2, 0.25) is 0 Å². The maximum atomic E-state index is 13.1. The lowest BCUT2D eigenvalue weighted by atomic mass is 9.79. The van der Waals surface area contributed by atoms with Gasteiger partial charge in [-0.05, 0) is 66.2 Å². The van der Waals surface area contributed by atoms with Gasteiger partial charge in [0.1, 0.15) is 11.4 Å². The fraction of sp³-hybridized carbons (Fsp3) is 0.500. The van der Waals surface area contributed by atoms with Crippen molar-refractivity contribution in [3.63, 3.8) is 0 Å². The summed E-state index contributed by atoms with van der Waals surface area (Å²) in [5, 5.41) is 12.7. The van der Waals surface area contributed by atoms with E-state index in [1.807, 2.05) is 6.92 Å². The molecule has 1 aromatic rings. The van der Waals surface area contributed by atoms with Crippen molar-refractivity contribution in [2.24, 2.45) is 0 Å². The van der Waals surface area contributed by atoms with E-state index in [4.69, 9.17) is 0 Å². The first-order chi connectivity index (χ1) is 8.90. The molecule has 0 bridgehead atoms. The second-order valence-electron chi connectivity index (χ2n) is 5.21. The molecule has 0 aromatic heterocycles. The number of hydrogen-bond acceptors (Lipinski definition) is 2. The van der Waals surface area contributed by atoms with Gasteiger partial charge >= 0.3 is 0 Å². The summed E-state index contributed by atoms with van der Waals surface area (Å²) < 4.78 is 13.5. The monoisotopic (exact) mass is 329 g/mol. The Hall–Kier alpha value is -0.940. The standard InChI is InChI=1S/C14H17BrFNO2/c1-9(17-13(18)14(19)5-2-6-14)7-10-3-4-12(16)11(15)8-10/h3-4,8-9,19H,2,5-7H2,1H3,(H,17,18)/t9-/m1/s1. The fourth-order valence-corrected chi connectivity index (χ4v) is 2.59. The van der Waals surface area contributed by atoms with Crippen molar-refractivity contribution in [3.05, 3.63) is 34.1 Å². The molecule has 0 unspecified atom stereocenters. The number of carbonyl (C=O) groups is 1. The van der Waals surface area contributed by atoms with Crippen LogP contribution < -0.4 is 5.32 Å². The van der Waals surface area contributed by atoms with Gasteiger partial charge in [-0.1, -0.05) is 6.07 Å². The fourth-order valence-electron chi connectivity index (χ4n) is 2.17. The smallest absolute Gasteiger partial charge is 0.252 e. The minimum atomic E-state index is -1.17. The number of amides is 1. The van der Waals surface area contributed by atoms with E-state index in [2.05, 4.69) is 21.2 Å². The third-order valence-corrected chi connectivity index (χ3v) is 4.11. The highest BCUT2D eigenvalue weighted by molar-refractivity contribution is 9.10. The Kier molecular flexibility index (Phi) is 4.26. The van der Waals surface area contributed by atoms with E-state index >= 15 is 0 Å². The minimum absolute atomic E-state index is 0.102. The molecular formula is C14H17BrFNO2.